The molecule has 3 heterocycles. The number of anilines is 1. The summed E-state index contributed by atoms with van der Waals surface area (Å²) in [5.41, 5.74) is 8.20. The van der Waals surface area contributed by atoms with Crippen LogP contribution in [0.3, 0.4) is 0 Å². The van der Waals surface area contributed by atoms with Crippen LogP contribution in [0.15, 0.2) is 54.1 Å². The van der Waals surface area contributed by atoms with Crippen LogP contribution in [0.25, 0.3) is 0 Å². The lowest BCUT2D eigenvalue weighted by molar-refractivity contribution is 0.0546. The Morgan fingerprint density at radius 1 is 1.24 bits per heavy atom. The summed E-state index contributed by atoms with van der Waals surface area (Å²) in [7, 11) is 1.84. The molecule has 0 aliphatic carbocycles. The van der Waals surface area contributed by atoms with Gasteiger partial charge in [-0.05, 0) is 42.7 Å². The molecule has 4 rings (SSSR count). The molecule has 11 heteroatoms. The van der Waals surface area contributed by atoms with Gasteiger partial charge in [0.05, 0.1) is 11.5 Å². The Morgan fingerprint density at radius 3 is 2.76 bits per heavy atom. The zero-order valence-electron chi connectivity index (χ0n) is 18.1. The minimum absolute atomic E-state index is 0.140. The number of carbonyl (C=O) groups is 2. The summed E-state index contributed by atoms with van der Waals surface area (Å²) in [5.74, 6) is -0.600. The van der Waals surface area contributed by atoms with Crippen LogP contribution in [-0.2, 0) is 7.05 Å². The maximum atomic E-state index is 12.8. The van der Waals surface area contributed by atoms with Gasteiger partial charge < -0.3 is 25.6 Å². The number of aryl methyl sites for hydroxylation is 1. The van der Waals surface area contributed by atoms with E-state index in [1.54, 1.807) is 40.1 Å². The Kier molecular flexibility index (Phi) is 7.02. The number of pyridine rings is 1. The van der Waals surface area contributed by atoms with Crippen molar-refractivity contribution in [3.8, 4) is 0 Å². The second kappa shape index (κ2) is 10.1. The number of rotatable bonds is 6. The van der Waals surface area contributed by atoms with Gasteiger partial charge in [0.25, 0.3) is 11.8 Å². The number of piperidine rings is 1. The van der Waals surface area contributed by atoms with E-state index in [0.29, 0.717) is 42.3 Å². The first-order chi connectivity index (χ1) is 15.9. The molecule has 0 saturated carbocycles. The van der Waals surface area contributed by atoms with Crippen molar-refractivity contribution in [1.82, 2.24) is 24.6 Å². The smallest absolute Gasteiger partial charge is 0.274 e. The maximum Gasteiger partial charge on any atom is 0.274 e. The summed E-state index contributed by atoms with van der Waals surface area (Å²) in [6, 6.07) is 10.3. The molecule has 0 bridgehead atoms. The third kappa shape index (κ3) is 5.56. The van der Waals surface area contributed by atoms with Crippen molar-refractivity contribution in [2.75, 3.05) is 18.4 Å². The standard InChI is InChI=1S/C22H25N7O3S/c1-28-13-25-27-22(28)33-19(23)14-3-2-4-16(11-14)26-20(31)18-12-15(5-8-24-18)21(32)29-9-6-17(30)7-10-29/h2-5,8,11-13,17,19,30H,6-7,9-10,23H2,1H3,(H,26,31)/t19-/m1/s1. The van der Waals surface area contributed by atoms with Crippen LogP contribution < -0.4 is 11.1 Å². The normalized spacial score (nSPS) is 15.3. The average Bonchev–Trinajstić information content (AvgIpc) is 3.23. The van der Waals surface area contributed by atoms with Crippen molar-refractivity contribution < 1.29 is 14.7 Å². The minimum atomic E-state index is -0.426. The highest BCUT2D eigenvalue weighted by molar-refractivity contribution is 7.99. The fourth-order valence-corrected chi connectivity index (χ4v) is 4.31. The van der Waals surface area contributed by atoms with E-state index in [2.05, 4.69) is 20.5 Å². The van der Waals surface area contributed by atoms with E-state index in [-0.39, 0.29) is 17.7 Å². The molecule has 2 amide bonds. The Balaban J connectivity index is 1.43. The second-order valence-corrected chi connectivity index (χ2v) is 8.90. The highest BCUT2D eigenvalue weighted by Crippen LogP contribution is 2.30. The van der Waals surface area contributed by atoms with Crippen molar-refractivity contribution in [3.05, 3.63) is 65.7 Å². The van der Waals surface area contributed by atoms with Crippen molar-refractivity contribution in [3.63, 3.8) is 0 Å². The highest BCUT2D eigenvalue weighted by Gasteiger charge is 2.23. The van der Waals surface area contributed by atoms with E-state index >= 15 is 0 Å². The van der Waals surface area contributed by atoms with Gasteiger partial charge >= 0.3 is 0 Å². The van der Waals surface area contributed by atoms with Crippen LogP contribution in [-0.4, -0.2) is 60.8 Å². The topological polar surface area (TPSA) is 139 Å². The second-order valence-electron chi connectivity index (χ2n) is 7.80. The minimum Gasteiger partial charge on any atom is -0.393 e. The Bertz CT molecular complexity index is 1140. The van der Waals surface area contributed by atoms with Gasteiger partial charge in [0.2, 0.25) is 0 Å². The molecule has 0 spiro atoms. The number of aliphatic hydroxyl groups excluding tert-OH is 1. The molecule has 1 fully saturated rings. The molecular formula is C22H25N7O3S. The van der Waals surface area contributed by atoms with E-state index in [0.717, 1.165) is 5.56 Å². The molecule has 172 valence electrons. The molecule has 33 heavy (non-hydrogen) atoms. The SMILES string of the molecule is Cn1cnnc1S[C@@H](N)c1cccc(NC(=O)c2cc(C(=O)N3CCC(O)CC3)ccn2)c1. The fraction of sp³-hybridized carbons (Fsp3) is 0.318. The molecule has 4 N–H and O–H groups in total. The molecule has 3 aromatic rings. The van der Waals surface area contributed by atoms with Gasteiger partial charge in [-0.3, -0.25) is 14.6 Å². The number of hydrogen-bond donors (Lipinski definition) is 3. The lowest BCUT2D eigenvalue weighted by Gasteiger charge is -2.29. The van der Waals surface area contributed by atoms with Crippen LogP contribution in [0.5, 0.6) is 0 Å². The number of carbonyl (C=O) groups excluding carboxylic acids is 2. The number of aromatic nitrogens is 4. The number of amides is 2. The van der Waals surface area contributed by atoms with Crippen LogP contribution in [0.4, 0.5) is 5.69 Å². The van der Waals surface area contributed by atoms with E-state index in [9.17, 15) is 14.7 Å². The van der Waals surface area contributed by atoms with E-state index in [1.807, 2.05) is 13.1 Å². The molecule has 1 aliphatic rings. The molecule has 1 aromatic carbocycles. The van der Waals surface area contributed by atoms with Crippen molar-refractivity contribution in [1.29, 1.82) is 0 Å². The molecular weight excluding hydrogens is 442 g/mol. The Morgan fingerprint density at radius 2 is 2.03 bits per heavy atom. The number of nitrogens with one attached hydrogen (secondary N) is 1. The van der Waals surface area contributed by atoms with E-state index < -0.39 is 11.3 Å². The lowest BCUT2D eigenvalue weighted by atomic mass is 10.1. The van der Waals surface area contributed by atoms with Crippen LogP contribution >= 0.6 is 11.8 Å². The monoisotopic (exact) mass is 467 g/mol. The van der Waals surface area contributed by atoms with E-state index in [4.69, 9.17) is 5.73 Å². The summed E-state index contributed by atoms with van der Waals surface area (Å²) < 4.78 is 1.78. The van der Waals surface area contributed by atoms with Crippen LogP contribution in [0.1, 0.15) is 44.6 Å². The number of likely N-dealkylation sites (tertiary alicyclic amines) is 1. The summed E-state index contributed by atoms with van der Waals surface area (Å²) in [6.45, 7) is 0.979. The summed E-state index contributed by atoms with van der Waals surface area (Å²) in [5, 5.41) is 20.6. The van der Waals surface area contributed by atoms with Crippen LogP contribution in [0.2, 0.25) is 0 Å². The largest absolute Gasteiger partial charge is 0.393 e. The van der Waals surface area contributed by atoms with Gasteiger partial charge in [-0.1, -0.05) is 23.9 Å². The number of nitrogens with two attached hydrogens (primary N) is 1. The first kappa shape index (κ1) is 22.9. The molecule has 10 nitrogen and oxygen atoms in total. The summed E-state index contributed by atoms with van der Waals surface area (Å²) in [4.78, 5) is 31.4. The van der Waals surface area contributed by atoms with Gasteiger partial charge in [0.1, 0.15) is 12.0 Å². The molecule has 0 unspecified atom stereocenters. The first-order valence-electron chi connectivity index (χ1n) is 10.5. The molecule has 1 saturated heterocycles. The fourth-order valence-electron chi connectivity index (χ4n) is 3.49. The molecule has 1 atom stereocenters. The third-order valence-corrected chi connectivity index (χ3v) is 6.47. The quantitative estimate of drug-likeness (QED) is 0.368. The number of thioether (sulfide) groups is 1. The van der Waals surface area contributed by atoms with Gasteiger partial charge in [0.15, 0.2) is 5.16 Å². The van der Waals surface area contributed by atoms with Gasteiger partial charge in [-0.25, -0.2) is 0 Å². The highest BCUT2D eigenvalue weighted by atomic mass is 32.2. The molecule has 2 aromatic heterocycles. The number of nitrogens with zero attached hydrogens (tertiary/aromatic N) is 5. The van der Waals surface area contributed by atoms with Crippen molar-refractivity contribution in [2.24, 2.45) is 12.8 Å². The predicted molar refractivity (Wildman–Crippen MR) is 124 cm³/mol. The van der Waals surface area contributed by atoms with Crippen molar-refractivity contribution in [2.45, 2.75) is 29.5 Å². The number of hydrogen-bond acceptors (Lipinski definition) is 8. The first-order valence-corrected chi connectivity index (χ1v) is 11.4. The summed E-state index contributed by atoms with van der Waals surface area (Å²) >= 11 is 1.36. The Hall–Kier alpha value is -3.28. The maximum absolute atomic E-state index is 12.8. The van der Waals surface area contributed by atoms with Gasteiger partial charge in [-0.2, -0.15) is 0 Å². The third-order valence-electron chi connectivity index (χ3n) is 5.37. The Labute approximate surface area is 195 Å². The van der Waals surface area contributed by atoms with Gasteiger partial charge in [0, 0.05) is 37.6 Å². The zero-order valence-corrected chi connectivity index (χ0v) is 18.9. The number of benzene rings is 1. The van der Waals surface area contributed by atoms with Gasteiger partial charge in [-0.15, -0.1) is 10.2 Å². The lowest BCUT2D eigenvalue weighted by Crippen LogP contribution is -2.40. The predicted octanol–water partition coefficient (Wildman–Crippen LogP) is 1.81. The molecule has 1 aliphatic heterocycles. The molecule has 0 radical (unpaired) electrons. The van der Waals surface area contributed by atoms with E-state index in [1.165, 1.54) is 24.0 Å². The number of aliphatic hydroxyl groups is 1. The average molecular weight is 468 g/mol. The summed E-state index contributed by atoms with van der Waals surface area (Å²) in [6.07, 6.45) is 3.79. The van der Waals surface area contributed by atoms with Crippen molar-refractivity contribution >= 4 is 29.3 Å². The van der Waals surface area contributed by atoms with Crippen LogP contribution in [0, 0.1) is 0 Å². The zero-order chi connectivity index (χ0) is 23.4.